The van der Waals surface area contributed by atoms with Crippen molar-refractivity contribution in [3.63, 3.8) is 0 Å². The smallest absolute Gasteiger partial charge is 0.213 e. The zero-order valence-corrected chi connectivity index (χ0v) is 9.81. The Labute approximate surface area is 103 Å². The van der Waals surface area contributed by atoms with Crippen LogP contribution in [0.2, 0.25) is 5.02 Å². The van der Waals surface area contributed by atoms with E-state index < -0.39 is 0 Å². The summed E-state index contributed by atoms with van der Waals surface area (Å²) in [5.74, 6) is 0.781. The molecule has 0 aliphatic rings. The van der Waals surface area contributed by atoms with Gasteiger partial charge >= 0.3 is 0 Å². The summed E-state index contributed by atoms with van der Waals surface area (Å²) in [4.78, 5) is 3.91. The summed E-state index contributed by atoms with van der Waals surface area (Å²) >= 11 is 5.80. The molecule has 1 heterocycles. The fourth-order valence-corrected chi connectivity index (χ4v) is 1.60. The van der Waals surface area contributed by atoms with Crippen LogP contribution in [0.4, 0.5) is 0 Å². The summed E-state index contributed by atoms with van der Waals surface area (Å²) < 4.78 is 4.62. The van der Waals surface area contributed by atoms with Crippen LogP contribution in [0.1, 0.15) is 11.4 Å². The highest BCUT2D eigenvalue weighted by atomic mass is 35.5. The lowest BCUT2D eigenvalue weighted by Gasteiger charge is -2.04. The first-order valence-corrected chi connectivity index (χ1v) is 5.57. The van der Waals surface area contributed by atoms with Gasteiger partial charge in [0.1, 0.15) is 5.75 Å². The van der Waals surface area contributed by atoms with Crippen molar-refractivity contribution in [3.05, 3.63) is 41.0 Å². The van der Waals surface area contributed by atoms with Gasteiger partial charge in [-0.15, -0.1) is 0 Å². The van der Waals surface area contributed by atoms with Crippen molar-refractivity contribution in [2.45, 2.75) is 13.0 Å². The number of phenols is 1. The number of aromatic hydroxyl groups is 1. The fraction of sp³-hybridized carbons (Fsp3) is 0.273. The molecule has 2 N–H and O–H groups in total. The lowest BCUT2D eigenvalue weighted by Crippen LogP contribution is -2.17. The van der Waals surface area contributed by atoms with E-state index in [2.05, 4.69) is 20.0 Å². The van der Waals surface area contributed by atoms with Crippen LogP contribution in [-0.4, -0.2) is 21.8 Å². The molecule has 2 rings (SSSR count). The van der Waals surface area contributed by atoms with Crippen LogP contribution >= 0.6 is 11.6 Å². The van der Waals surface area contributed by atoms with E-state index in [9.17, 15) is 5.11 Å². The minimum atomic E-state index is 0.0993. The van der Waals surface area contributed by atoms with Gasteiger partial charge in [-0.1, -0.05) is 22.8 Å². The Kier molecular flexibility index (Phi) is 3.95. The highest BCUT2D eigenvalue weighted by Crippen LogP contribution is 2.23. The van der Waals surface area contributed by atoms with Gasteiger partial charge in [-0.25, -0.2) is 0 Å². The molecule has 0 unspecified atom stereocenters. The van der Waals surface area contributed by atoms with Crippen molar-refractivity contribution in [1.82, 2.24) is 15.5 Å². The Morgan fingerprint density at radius 3 is 3.00 bits per heavy atom. The van der Waals surface area contributed by atoms with Gasteiger partial charge in [0.2, 0.25) is 6.39 Å². The van der Waals surface area contributed by atoms with Crippen LogP contribution in [-0.2, 0) is 13.0 Å². The van der Waals surface area contributed by atoms with E-state index >= 15 is 0 Å². The molecule has 0 atom stereocenters. The third-order valence-electron chi connectivity index (χ3n) is 2.27. The molecule has 0 fully saturated rings. The van der Waals surface area contributed by atoms with Gasteiger partial charge in [0.25, 0.3) is 0 Å². The van der Waals surface area contributed by atoms with E-state index in [-0.39, 0.29) is 5.75 Å². The molecule has 0 radical (unpaired) electrons. The Morgan fingerprint density at radius 1 is 1.41 bits per heavy atom. The van der Waals surface area contributed by atoms with Crippen molar-refractivity contribution in [2.24, 2.45) is 0 Å². The second kappa shape index (κ2) is 5.65. The molecule has 1 aromatic carbocycles. The quantitative estimate of drug-likeness (QED) is 0.795. The minimum Gasteiger partial charge on any atom is -0.506 e. The standard InChI is InChI=1S/C11H12ClN3O2/c12-9-5-8(1-2-10(9)16)6-13-4-3-11-14-7-17-15-11/h1-2,5,7,13,16H,3-4,6H2. The number of nitrogens with zero attached hydrogens (tertiary/aromatic N) is 2. The summed E-state index contributed by atoms with van der Waals surface area (Å²) in [5.41, 5.74) is 1.01. The predicted molar refractivity (Wildman–Crippen MR) is 62.8 cm³/mol. The number of benzene rings is 1. The molecule has 90 valence electrons. The SMILES string of the molecule is Oc1ccc(CNCCc2ncon2)cc1Cl. The highest BCUT2D eigenvalue weighted by molar-refractivity contribution is 6.32. The average molecular weight is 254 g/mol. The van der Waals surface area contributed by atoms with Gasteiger partial charge in [0, 0.05) is 19.5 Å². The normalized spacial score (nSPS) is 10.6. The van der Waals surface area contributed by atoms with Crippen molar-refractivity contribution < 1.29 is 9.63 Å². The van der Waals surface area contributed by atoms with Crippen molar-refractivity contribution >= 4 is 11.6 Å². The summed E-state index contributed by atoms with van der Waals surface area (Å²) in [6.45, 7) is 1.43. The zero-order valence-electron chi connectivity index (χ0n) is 9.06. The first-order chi connectivity index (χ1) is 8.25. The molecule has 17 heavy (non-hydrogen) atoms. The van der Waals surface area contributed by atoms with Crippen LogP contribution in [0.3, 0.4) is 0 Å². The highest BCUT2D eigenvalue weighted by Gasteiger charge is 2.01. The molecule has 0 bridgehead atoms. The molecule has 6 heteroatoms. The van der Waals surface area contributed by atoms with Gasteiger partial charge < -0.3 is 14.9 Å². The maximum absolute atomic E-state index is 9.26. The molecule has 0 aliphatic carbocycles. The maximum atomic E-state index is 9.26. The molecule has 2 aromatic rings. The second-order valence-electron chi connectivity index (χ2n) is 3.56. The molecule has 0 aliphatic heterocycles. The van der Waals surface area contributed by atoms with Crippen LogP contribution in [0.5, 0.6) is 5.75 Å². The Balaban J connectivity index is 1.76. The number of phenolic OH excluding ortho intramolecular Hbond substituents is 1. The number of hydrogen-bond donors (Lipinski definition) is 2. The van der Waals surface area contributed by atoms with Gasteiger partial charge in [-0.2, -0.15) is 4.98 Å². The van der Waals surface area contributed by atoms with E-state index in [4.69, 9.17) is 11.6 Å². The maximum Gasteiger partial charge on any atom is 0.213 e. The van der Waals surface area contributed by atoms with E-state index in [0.717, 1.165) is 12.1 Å². The zero-order chi connectivity index (χ0) is 12.1. The number of nitrogens with one attached hydrogen (secondary N) is 1. The molecular formula is C11H12ClN3O2. The molecule has 5 nitrogen and oxygen atoms in total. The Morgan fingerprint density at radius 2 is 2.29 bits per heavy atom. The summed E-state index contributed by atoms with van der Waals surface area (Å²) in [6, 6.07) is 5.14. The third kappa shape index (κ3) is 3.44. The van der Waals surface area contributed by atoms with Crippen molar-refractivity contribution in [3.8, 4) is 5.75 Å². The minimum absolute atomic E-state index is 0.0993. The predicted octanol–water partition coefficient (Wildman–Crippen LogP) is 1.76. The number of halogens is 1. The topological polar surface area (TPSA) is 71.2 Å². The lowest BCUT2D eigenvalue weighted by atomic mass is 10.2. The van der Waals surface area contributed by atoms with Crippen molar-refractivity contribution in [2.75, 3.05) is 6.54 Å². The molecule has 0 saturated heterocycles. The van der Waals surface area contributed by atoms with E-state index in [0.29, 0.717) is 23.8 Å². The first kappa shape index (κ1) is 11.9. The summed E-state index contributed by atoms with van der Waals surface area (Å²) in [5, 5.41) is 16.6. The molecule has 0 amide bonds. The van der Waals surface area contributed by atoms with E-state index in [1.54, 1.807) is 12.1 Å². The Bertz CT molecular complexity index is 474. The van der Waals surface area contributed by atoms with Gasteiger partial charge in [-0.3, -0.25) is 0 Å². The fourth-order valence-electron chi connectivity index (χ4n) is 1.40. The van der Waals surface area contributed by atoms with Crippen LogP contribution in [0, 0.1) is 0 Å². The first-order valence-electron chi connectivity index (χ1n) is 5.19. The van der Waals surface area contributed by atoms with Gasteiger partial charge in [0.05, 0.1) is 5.02 Å². The monoisotopic (exact) mass is 253 g/mol. The van der Waals surface area contributed by atoms with Gasteiger partial charge in [-0.05, 0) is 17.7 Å². The number of rotatable bonds is 5. The summed E-state index contributed by atoms with van der Waals surface area (Å²) in [6.07, 6.45) is 2.03. The number of aromatic nitrogens is 2. The molecule has 1 aromatic heterocycles. The third-order valence-corrected chi connectivity index (χ3v) is 2.58. The molecule has 0 spiro atoms. The van der Waals surface area contributed by atoms with Crippen LogP contribution < -0.4 is 5.32 Å². The second-order valence-corrected chi connectivity index (χ2v) is 3.97. The van der Waals surface area contributed by atoms with Crippen LogP contribution in [0.25, 0.3) is 0 Å². The molecular weight excluding hydrogens is 242 g/mol. The largest absolute Gasteiger partial charge is 0.506 e. The van der Waals surface area contributed by atoms with E-state index in [1.165, 1.54) is 6.39 Å². The number of hydrogen-bond acceptors (Lipinski definition) is 5. The van der Waals surface area contributed by atoms with Gasteiger partial charge in [0.15, 0.2) is 5.82 Å². The molecule has 0 saturated carbocycles. The van der Waals surface area contributed by atoms with E-state index in [1.807, 2.05) is 6.07 Å². The lowest BCUT2D eigenvalue weighted by molar-refractivity contribution is 0.409. The van der Waals surface area contributed by atoms with Crippen LogP contribution in [0.15, 0.2) is 29.1 Å². The summed E-state index contributed by atoms with van der Waals surface area (Å²) in [7, 11) is 0. The van der Waals surface area contributed by atoms with Crippen molar-refractivity contribution in [1.29, 1.82) is 0 Å². The average Bonchev–Trinajstić information content (AvgIpc) is 2.82. The Hall–Kier alpha value is -1.59.